The lowest BCUT2D eigenvalue weighted by atomic mass is 9.84. The molecule has 0 bridgehead atoms. The van der Waals surface area contributed by atoms with Crippen LogP contribution in [0.2, 0.25) is 0 Å². The molecule has 0 aromatic carbocycles. The van der Waals surface area contributed by atoms with Gasteiger partial charge in [-0.25, -0.2) is 0 Å². The van der Waals surface area contributed by atoms with E-state index in [0.717, 1.165) is 19.3 Å². The van der Waals surface area contributed by atoms with E-state index < -0.39 is 16.2 Å². The molecule has 94 valence electrons. The predicted octanol–water partition coefficient (Wildman–Crippen LogP) is 0.387. The number of carbonyl (C=O) groups is 1. The molecule has 0 aromatic rings. The van der Waals surface area contributed by atoms with Gasteiger partial charge in [-0.3, -0.25) is 9.00 Å². The summed E-state index contributed by atoms with van der Waals surface area (Å²) in [7, 11) is -0.897. The third-order valence-corrected chi connectivity index (χ3v) is 4.96. The number of amides is 1. The van der Waals surface area contributed by atoms with Crippen LogP contribution in [0.25, 0.3) is 0 Å². The average Bonchev–Trinajstić information content (AvgIpc) is 2.56. The van der Waals surface area contributed by atoms with Gasteiger partial charge < -0.3 is 11.1 Å². The Balaban J connectivity index is 2.49. The molecule has 5 heteroatoms. The number of nitrogens with two attached hydrogens (primary N) is 1. The van der Waals surface area contributed by atoms with Crippen molar-refractivity contribution >= 4 is 16.7 Å². The molecular formula is C11H22N2O2S. The second-order valence-corrected chi connectivity index (χ2v) is 6.74. The van der Waals surface area contributed by atoms with Crippen molar-refractivity contribution in [2.45, 2.75) is 44.4 Å². The van der Waals surface area contributed by atoms with Gasteiger partial charge in [-0.2, -0.15) is 0 Å². The topological polar surface area (TPSA) is 72.2 Å². The Morgan fingerprint density at radius 3 is 2.75 bits per heavy atom. The van der Waals surface area contributed by atoms with Crippen molar-refractivity contribution in [2.75, 3.05) is 12.8 Å². The van der Waals surface area contributed by atoms with E-state index in [4.69, 9.17) is 5.73 Å². The summed E-state index contributed by atoms with van der Waals surface area (Å²) in [5.74, 6) is 0.00907. The maximum atomic E-state index is 12.0. The monoisotopic (exact) mass is 246 g/mol. The van der Waals surface area contributed by atoms with E-state index in [1.807, 2.05) is 13.8 Å². The molecule has 1 amide bonds. The molecule has 0 saturated heterocycles. The van der Waals surface area contributed by atoms with Crippen LogP contribution >= 0.6 is 0 Å². The molecule has 0 aromatic heterocycles. The molecule has 3 N–H and O–H groups in total. The minimum absolute atomic E-state index is 0.00907. The lowest BCUT2D eigenvalue weighted by molar-refractivity contribution is -0.130. The normalized spacial score (nSPS) is 33.4. The second-order valence-electron chi connectivity index (χ2n) is 4.94. The van der Waals surface area contributed by atoms with E-state index in [0.29, 0.717) is 6.54 Å². The van der Waals surface area contributed by atoms with Gasteiger partial charge in [0.15, 0.2) is 0 Å². The smallest absolute Gasteiger partial charge is 0.227 e. The fourth-order valence-corrected chi connectivity index (χ4v) is 2.35. The van der Waals surface area contributed by atoms with Crippen LogP contribution in [0, 0.1) is 5.41 Å². The van der Waals surface area contributed by atoms with Crippen LogP contribution in [-0.4, -0.2) is 34.2 Å². The Kier molecular flexibility index (Phi) is 4.50. The van der Waals surface area contributed by atoms with E-state index >= 15 is 0 Å². The van der Waals surface area contributed by atoms with Crippen molar-refractivity contribution in [2.24, 2.45) is 11.1 Å². The zero-order chi connectivity index (χ0) is 12.3. The third kappa shape index (κ3) is 2.83. The Morgan fingerprint density at radius 2 is 2.31 bits per heavy atom. The molecule has 4 nitrogen and oxygen atoms in total. The highest BCUT2D eigenvalue weighted by Crippen LogP contribution is 2.36. The molecule has 0 aliphatic heterocycles. The molecule has 1 fully saturated rings. The quantitative estimate of drug-likeness (QED) is 0.753. The van der Waals surface area contributed by atoms with Gasteiger partial charge in [-0.15, -0.1) is 0 Å². The first-order valence-corrected chi connectivity index (χ1v) is 7.36. The molecule has 4 unspecified atom stereocenters. The zero-order valence-corrected chi connectivity index (χ0v) is 11.1. The molecule has 1 rings (SSSR count). The van der Waals surface area contributed by atoms with Crippen LogP contribution < -0.4 is 11.1 Å². The van der Waals surface area contributed by atoms with Crippen molar-refractivity contribution in [1.29, 1.82) is 0 Å². The number of hydrogen-bond donors (Lipinski definition) is 2. The summed E-state index contributed by atoms with van der Waals surface area (Å²) in [6, 6.07) is -0.0464. The van der Waals surface area contributed by atoms with Crippen LogP contribution in [0.15, 0.2) is 0 Å². The Bertz CT molecular complexity index is 296. The van der Waals surface area contributed by atoms with E-state index in [1.54, 1.807) is 6.26 Å². The van der Waals surface area contributed by atoms with Crippen LogP contribution in [0.5, 0.6) is 0 Å². The summed E-state index contributed by atoms with van der Waals surface area (Å²) >= 11 is 0. The molecule has 0 radical (unpaired) electrons. The van der Waals surface area contributed by atoms with E-state index in [-0.39, 0.29) is 17.2 Å². The van der Waals surface area contributed by atoms with Crippen LogP contribution in [-0.2, 0) is 15.6 Å². The van der Waals surface area contributed by atoms with Gasteiger partial charge in [-0.05, 0) is 26.7 Å². The SMILES string of the molecule is CC(CNC(=O)C1(C)CCCC1N)S(C)=O. The Morgan fingerprint density at radius 1 is 1.69 bits per heavy atom. The Hall–Kier alpha value is -0.420. The molecule has 1 aliphatic rings. The van der Waals surface area contributed by atoms with Gasteiger partial charge in [0, 0.05) is 34.9 Å². The average molecular weight is 246 g/mol. The fraction of sp³-hybridized carbons (Fsp3) is 0.909. The molecule has 0 spiro atoms. The second kappa shape index (κ2) is 5.27. The van der Waals surface area contributed by atoms with Gasteiger partial charge in [-0.1, -0.05) is 6.42 Å². The minimum atomic E-state index is -0.897. The van der Waals surface area contributed by atoms with Crippen molar-refractivity contribution < 1.29 is 9.00 Å². The van der Waals surface area contributed by atoms with E-state index in [2.05, 4.69) is 5.32 Å². The largest absolute Gasteiger partial charge is 0.354 e. The van der Waals surface area contributed by atoms with Gasteiger partial charge in [0.1, 0.15) is 0 Å². The van der Waals surface area contributed by atoms with Crippen molar-refractivity contribution in [3.05, 3.63) is 0 Å². The van der Waals surface area contributed by atoms with E-state index in [1.165, 1.54) is 0 Å². The van der Waals surface area contributed by atoms with Crippen molar-refractivity contribution in [3.63, 3.8) is 0 Å². The zero-order valence-electron chi connectivity index (χ0n) is 10.3. The van der Waals surface area contributed by atoms with Crippen LogP contribution in [0.3, 0.4) is 0 Å². The van der Waals surface area contributed by atoms with Gasteiger partial charge >= 0.3 is 0 Å². The summed E-state index contributed by atoms with van der Waals surface area (Å²) < 4.78 is 11.2. The van der Waals surface area contributed by atoms with Gasteiger partial charge in [0.05, 0.1) is 5.41 Å². The first kappa shape index (κ1) is 13.6. The fourth-order valence-electron chi connectivity index (χ4n) is 2.03. The molecule has 4 atom stereocenters. The lowest BCUT2D eigenvalue weighted by Gasteiger charge is -2.28. The predicted molar refractivity (Wildman–Crippen MR) is 66.5 cm³/mol. The Labute approximate surface area is 99.8 Å². The highest BCUT2D eigenvalue weighted by Gasteiger charge is 2.42. The highest BCUT2D eigenvalue weighted by molar-refractivity contribution is 7.84. The molecule has 16 heavy (non-hydrogen) atoms. The van der Waals surface area contributed by atoms with Gasteiger partial charge in [0.2, 0.25) is 5.91 Å². The van der Waals surface area contributed by atoms with Gasteiger partial charge in [0.25, 0.3) is 0 Å². The minimum Gasteiger partial charge on any atom is -0.354 e. The summed E-state index contributed by atoms with van der Waals surface area (Å²) in [5.41, 5.74) is 5.52. The number of hydrogen-bond acceptors (Lipinski definition) is 3. The first-order valence-electron chi connectivity index (χ1n) is 5.74. The van der Waals surface area contributed by atoms with E-state index in [9.17, 15) is 9.00 Å². The van der Waals surface area contributed by atoms with Crippen LogP contribution in [0.4, 0.5) is 0 Å². The molecule has 1 aliphatic carbocycles. The summed E-state index contributed by atoms with van der Waals surface area (Å²) in [6.45, 7) is 4.26. The first-order chi connectivity index (χ1) is 7.38. The summed E-state index contributed by atoms with van der Waals surface area (Å²) in [6.07, 6.45) is 4.43. The maximum absolute atomic E-state index is 12.0. The number of nitrogens with one attached hydrogen (secondary N) is 1. The lowest BCUT2D eigenvalue weighted by Crippen LogP contribution is -2.48. The van der Waals surface area contributed by atoms with Crippen molar-refractivity contribution in [3.8, 4) is 0 Å². The van der Waals surface area contributed by atoms with Crippen molar-refractivity contribution in [1.82, 2.24) is 5.32 Å². The van der Waals surface area contributed by atoms with Crippen LogP contribution in [0.1, 0.15) is 33.1 Å². The standard InChI is InChI=1S/C11H22N2O2S/c1-8(16(3)15)7-13-10(14)11(2)6-4-5-9(11)12/h8-9H,4-7,12H2,1-3H3,(H,13,14). The number of carbonyl (C=O) groups excluding carboxylic acids is 1. The molecule has 1 saturated carbocycles. The third-order valence-electron chi connectivity index (χ3n) is 3.67. The molecular weight excluding hydrogens is 224 g/mol. The highest BCUT2D eigenvalue weighted by atomic mass is 32.2. The maximum Gasteiger partial charge on any atom is 0.227 e. The summed E-state index contributed by atoms with van der Waals surface area (Å²) in [4.78, 5) is 12.0. The molecule has 0 heterocycles. The number of rotatable bonds is 4. The summed E-state index contributed by atoms with van der Waals surface area (Å²) in [5, 5.41) is 2.86.